The van der Waals surface area contributed by atoms with Crippen molar-refractivity contribution in [3.8, 4) is 0 Å². The number of hydrogen-bond donors (Lipinski definition) is 3. The summed E-state index contributed by atoms with van der Waals surface area (Å²) in [5, 5.41) is 28.5. The van der Waals surface area contributed by atoms with Gasteiger partial charge in [0.25, 0.3) is 0 Å². The summed E-state index contributed by atoms with van der Waals surface area (Å²) in [7, 11) is 0. The minimum Gasteiger partial charge on any atom is -0.480 e. The quantitative estimate of drug-likeness (QED) is 0.512. The Hall–Kier alpha value is -2.06. The standard InChI is InChI=1S/C9H9FN2O5/c10-5-2-1-4(3-6(5)12(16)17)8(13)7(11)9(14)15/h1-3,7-8,13H,11H2,(H,14,15)/t7-,8+/m1/s1. The molecule has 0 aliphatic rings. The molecule has 0 aliphatic heterocycles. The van der Waals surface area contributed by atoms with Crippen molar-refractivity contribution >= 4 is 11.7 Å². The van der Waals surface area contributed by atoms with Crippen LogP contribution in [-0.2, 0) is 4.79 Å². The number of rotatable bonds is 4. The molecule has 0 saturated carbocycles. The van der Waals surface area contributed by atoms with Crippen molar-refractivity contribution in [2.75, 3.05) is 0 Å². The number of carboxylic acid groups (broad SMARTS) is 1. The molecule has 8 heteroatoms. The van der Waals surface area contributed by atoms with Crippen LogP contribution in [0.1, 0.15) is 11.7 Å². The van der Waals surface area contributed by atoms with E-state index in [1.807, 2.05) is 0 Å². The maximum absolute atomic E-state index is 13.0. The van der Waals surface area contributed by atoms with E-state index in [4.69, 9.17) is 10.8 Å². The molecular weight excluding hydrogens is 235 g/mol. The first-order chi connectivity index (χ1) is 7.84. The number of carbonyl (C=O) groups is 1. The van der Waals surface area contributed by atoms with E-state index in [0.717, 1.165) is 18.2 Å². The molecule has 1 rings (SSSR count). The maximum Gasteiger partial charge on any atom is 0.323 e. The number of hydrogen-bond acceptors (Lipinski definition) is 5. The van der Waals surface area contributed by atoms with Gasteiger partial charge in [0.1, 0.15) is 12.1 Å². The molecule has 0 spiro atoms. The van der Waals surface area contributed by atoms with Crippen LogP contribution in [0.4, 0.5) is 10.1 Å². The van der Waals surface area contributed by atoms with Gasteiger partial charge in [0.2, 0.25) is 5.82 Å². The van der Waals surface area contributed by atoms with Crippen molar-refractivity contribution in [1.82, 2.24) is 0 Å². The lowest BCUT2D eigenvalue weighted by molar-refractivity contribution is -0.387. The Labute approximate surface area is 94.4 Å². The minimum absolute atomic E-state index is 0.131. The lowest BCUT2D eigenvalue weighted by atomic mass is 10.0. The number of halogens is 1. The van der Waals surface area contributed by atoms with Crippen LogP contribution in [0.25, 0.3) is 0 Å². The van der Waals surface area contributed by atoms with Crippen LogP contribution >= 0.6 is 0 Å². The van der Waals surface area contributed by atoms with Gasteiger partial charge in [-0.3, -0.25) is 14.9 Å². The van der Waals surface area contributed by atoms with Gasteiger partial charge in [-0.15, -0.1) is 0 Å². The SMILES string of the molecule is N[C@@H](C(=O)O)[C@@H](O)c1ccc(F)c([N+](=O)[O-])c1. The van der Waals surface area contributed by atoms with E-state index in [1.54, 1.807) is 0 Å². The van der Waals surface area contributed by atoms with Crippen molar-refractivity contribution in [1.29, 1.82) is 0 Å². The molecule has 7 nitrogen and oxygen atoms in total. The number of nitrogens with zero attached hydrogens (tertiary/aromatic N) is 1. The number of carboxylic acids is 1. The number of nitrogens with two attached hydrogens (primary N) is 1. The van der Waals surface area contributed by atoms with Gasteiger partial charge < -0.3 is 15.9 Å². The molecule has 17 heavy (non-hydrogen) atoms. The number of aliphatic hydroxyl groups is 1. The lowest BCUT2D eigenvalue weighted by Gasteiger charge is -2.14. The van der Waals surface area contributed by atoms with Crippen LogP contribution in [0.3, 0.4) is 0 Å². The van der Waals surface area contributed by atoms with Gasteiger partial charge >= 0.3 is 11.7 Å². The van der Waals surface area contributed by atoms with Gasteiger partial charge in [0.15, 0.2) is 0 Å². The molecule has 0 aromatic heterocycles. The molecule has 0 unspecified atom stereocenters. The Bertz CT molecular complexity index is 465. The van der Waals surface area contributed by atoms with Gasteiger partial charge in [-0.1, -0.05) is 6.07 Å². The fourth-order valence-corrected chi connectivity index (χ4v) is 1.20. The van der Waals surface area contributed by atoms with Gasteiger partial charge in [0.05, 0.1) is 4.92 Å². The van der Waals surface area contributed by atoms with Crippen molar-refractivity contribution in [3.63, 3.8) is 0 Å². The van der Waals surface area contributed by atoms with Crippen LogP contribution in [0, 0.1) is 15.9 Å². The minimum atomic E-state index is -1.65. The molecule has 0 saturated heterocycles. The summed E-state index contributed by atoms with van der Waals surface area (Å²) >= 11 is 0. The van der Waals surface area contributed by atoms with E-state index >= 15 is 0 Å². The Morgan fingerprint density at radius 2 is 2.12 bits per heavy atom. The number of aliphatic carboxylic acids is 1. The maximum atomic E-state index is 13.0. The summed E-state index contributed by atoms with van der Waals surface area (Å²) in [6, 6.07) is 0.921. The molecule has 0 radical (unpaired) electrons. The first-order valence-electron chi connectivity index (χ1n) is 4.45. The van der Waals surface area contributed by atoms with Crippen molar-refractivity contribution in [2.45, 2.75) is 12.1 Å². The fraction of sp³-hybridized carbons (Fsp3) is 0.222. The molecule has 0 heterocycles. The molecule has 4 N–H and O–H groups in total. The summed E-state index contributed by atoms with van der Waals surface area (Å²) in [5.41, 5.74) is 4.16. The van der Waals surface area contributed by atoms with Gasteiger partial charge in [-0.2, -0.15) is 4.39 Å². The Morgan fingerprint density at radius 1 is 1.53 bits per heavy atom. The van der Waals surface area contributed by atoms with E-state index in [-0.39, 0.29) is 5.56 Å². The van der Waals surface area contributed by atoms with E-state index in [1.165, 1.54) is 0 Å². The number of nitro groups is 1. The molecule has 92 valence electrons. The van der Waals surface area contributed by atoms with Crippen LogP contribution in [0.15, 0.2) is 18.2 Å². The largest absolute Gasteiger partial charge is 0.480 e. The van der Waals surface area contributed by atoms with Crippen LogP contribution < -0.4 is 5.73 Å². The number of aliphatic hydroxyl groups excluding tert-OH is 1. The molecule has 1 aromatic rings. The highest BCUT2D eigenvalue weighted by Gasteiger charge is 2.26. The topological polar surface area (TPSA) is 127 Å². The van der Waals surface area contributed by atoms with E-state index in [0.29, 0.717) is 0 Å². The van der Waals surface area contributed by atoms with E-state index in [2.05, 4.69) is 0 Å². The van der Waals surface area contributed by atoms with Crippen molar-refractivity contribution in [2.24, 2.45) is 5.73 Å². The van der Waals surface area contributed by atoms with Gasteiger partial charge in [-0.05, 0) is 11.6 Å². The predicted molar refractivity (Wildman–Crippen MR) is 53.6 cm³/mol. The monoisotopic (exact) mass is 244 g/mol. The van der Waals surface area contributed by atoms with Crippen molar-refractivity contribution in [3.05, 3.63) is 39.7 Å². The Balaban J connectivity index is 3.11. The summed E-state index contributed by atoms with van der Waals surface area (Å²) in [6.45, 7) is 0. The number of nitro benzene ring substituents is 1. The summed E-state index contributed by atoms with van der Waals surface area (Å²) in [5.74, 6) is -2.54. The summed E-state index contributed by atoms with van der Waals surface area (Å²) in [4.78, 5) is 20.0. The summed E-state index contributed by atoms with van der Waals surface area (Å²) < 4.78 is 13.0. The average molecular weight is 244 g/mol. The Morgan fingerprint density at radius 3 is 2.59 bits per heavy atom. The third-order valence-corrected chi connectivity index (χ3v) is 2.13. The second kappa shape index (κ2) is 4.85. The first-order valence-corrected chi connectivity index (χ1v) is 4.45. The highest BCUT2D eigenvalue weighted by atomic mass is 19.1. The van der Waals surface area contributed by atoms with Gasteiger partial charge in [0, 0.05) is 6.07 Å². The molecule has 0 aliphatic carbocycles. The molecule has 0 fully saturated rings. The fourth-order valence-electron chi connectivity index (χ4n) is 1.20. The molecule has 2 atom stereocenters. The van der Waals surface area contributed by atoms with E-state index in [9.17, 15) is 24.4 Å². The normalized spacial score (nSPS) is 14.1. The van der Waals surface area contributed by atoms with Crippen LogP contribution in [0.5, 0.6) is 0 Å². The van der Waals surface area contributed by atoms with Gasteiger partial charge in [-0.25, -0.2) is 0 Å². The molecular formula is C9H9FN2O5. The zero-order chi connectivity index (χ0) is 13.2. The summed E-state index contributed by atoms with van der Waals surface area (Å²) in [6.07, 6.45) is -1.65. The van der Waals surface area contributed by atoms with E-state index < -0.39 is 34.5 Å². The highest BCUT2D eigenvalue weighted by molar-refractivity contribution is 5.74. The van der Waals surface area contributed by atoms with Crippen LogP contribution in [-0.4, -0.2) is 27.1 Å². The first kappa shape index (κ1) is 13.0. The second-order valence-electron chi connectivity index (χ2n) is 3.28. The third kappa shape index (κ3) is 2.74. The molecule has 1 aromatic carbocycles. The molecule has 0 amide bonds. The third-order valence-electron chi connectivity index (χ3n) is 2.13. The smallest absolute Gasteiger partial charge is 0.323 e. The lowest BCUT2D eigenvalue weighted by Crippen LogP contribution is -2.36. The second-order valence-corrected chi connectivity index (χ2v) is 3.28. The highest BCUT2D eigenvalue weighted by Crippen LogP contribution is 2.24. The zero-order valence-electron chi connectivity index (χ0n) is 8.41. The van der Waals surface area contributed by atoms with Crippen molar-refractivity contribution < 1.29 is 24.3 Å². The number of benzene rings is 1. The zero-order valence-corrected chi connectivity index (χ0v) is 8.41. The molecule has 0 bridgehead atoms. The predicted octanol–water partition coefficient (Wildman–Crippen LogP) is 0.179. The van der Waals surface area contributed by atoms with Crippen LogP contribution in [0.2, 0.25) is 0 Å². The average Bonchev–Trinajstić information content (AvgIpc) is 2.27. The Kier molecular flexibility index (Phi) is 3.71.